The van der Waals surface area contributed by atoms with Gasteiger partial charge in [0, 0.05) is 17.5 Å². The Morgan fingerprint density at radius 1 is 1.67 bits per heavy atom. The number of rotatable bonds is 5. The summed E-state index contributed by atoms with van der Waals surface area (Å²) in [6.07, 6.45) is 0.998. The Morgan fingerprint density at radius 2 is 2.50 bits per heavy atom. The van der Waals surface area contributed by atoms with Gasteiger partial charge in [-0.3, -0.25) is 0 Å². The second-order valence-corrected chi connectivity index (χ2v) is 3.86. The van der Waals surface area contributed by atoms with Gasteiger partial charge in [-0.15, -0.1) is 11.3 Å². The molecule has 0 aliphatic heterocycles. The Kier molecular flexibility index (Phi) is 4.25. The zero-order valence-electron chi connectivity index (χ0n) is 7.22. The van der Waals surface area contributed by atoms with Crippen LogP contribution in [0.1, 0.15) is 11.8 Å². The van der Waals surface area contributed by atoms with Gasteiger partial charge >= 0.3 is 0 Å². The van der Waals surface area contributed by atoms with Crippen molar-refractivity contribution in [2.24, 2.45) is 0 Å². The minimum atomic E-state index is -0.283. The first-order valence-electron chi connectivity index (χ1n) is 4.14. The third kappa shape index (κ3) is 3.32. The van der Waals surface area contributed by atoms with Crippen LogP contribution in [0.25, 0.3) is 0 Å². The van der Waals surface area contributed by atoms with E-state index < -0.39 is 0 Å². The second-order valence-electron chi connectivity index (χ2n) is 2.83. The SMILES string of the molecule is CC(Cc1cccs1)NCCF. The van der Waals surface area contributed by atoms with Gasteiger partial charge < -0.3 is 5.32 Å². The van der Waals surface area contributed by atoms with Gasteiger partial charge in [-0.05, 0) is 24.8 Å². The predicted octanol–water partition coefficient (Wildman–Crippen LogP) is 2.24. The largest absolute Gasteiger partial charge is 0.311 e. The third-order valence-electron chi connectivity index (χ3n) is 1.67. The van der Waals surface area contributed by atoms with E-state index in [0.717, 1.165) is 6.42 Å². The highest BCUT2D eigenvalue weighted by Gasteiger charge is 2.02. The molecule has 0 fully saturated rings. The lowest BCUT2D eigenvalue weighted by Crippen LogP contribution is -2.29. The monoisotopic (exact) mass is 187 g/mol. The fraction of sp³-hybridized carbons (Fsp3) is 0.556. The van der Waals surface area contributed by atoms with Crippen molar-refractivity contribution in [3.63, 3.8) is 0 Å². The van der Waals surface area contributed by atoms with Crippen molar-refractivity contribution in [1.82, 2.24) is 5.32 Å². The van der Waals surface area contributed by atoms with Crippen LogP contribution in [0.15, 0.2) is 17.5 Å². The average Bonchev–Trinajstić information content (AvgIpc) is 2.53. The maximum atomic E-state index is 11.8. The molecule has 0 radical (unpaired) electrons. The van der Waals surface area contributed by atoms with Gasteiger partial charge in [-0.2, -0.15) is 0 Å². The van der Waals surface area contributed by atoms with E-state index in [-0.39, 0.29) is 6.67 Å². The van der Waals surface area contributed by atoms with Crippen molar-refractivity contribution in [2.75, 3.05) is 13.2 Å². The molecule has 0 bridgehead atoms. The maximum absolute atomic E-state index is 11.8. The molecule has 3 heteroatoms. The Balaban J connectivity index is 2.22. The molecule has 1 heterocycles. The van der Waals surface area contributed by atoms with E-state index in [2.05, 4.69) is 23.7 Å². The fourth-order valence-electron chi connectivity index (χ4n) is 1.10. The summed E-state index contributed by atoms with van der Waals surface area (Å²) in [4.78, 5) is 1.36. The number of alkyl halides is 1. The Labute approximate surface area is 76.6 Å². The molecule has 1 N–H and O–H groups in total. The van der Waals surface area contributed by atoms with Crippen molar-refractivity contribution < 1.29 is 4.39 Å². The molecule has 68 valence electrons. The summed E-state index contributed by atoms with van der Waals surface area (Å²) >= 11 is 1.75. The Morgan fingerprint density at radius 3 is 3.08 bits per heavy atom. The molecule has 0 aromatic carbocycles. The molecule has 1 aromatic rings. The molecular weight excluding hydrogens is 173 g/mol. The molecule has 1 unspecified atom stereocenters. The Bertz CT molecular complexity index is 198. The summed E-state index contributed by atoms with van der Waals surface area (Å²) in [5.74, 6) is 0. The van der Waals surface area contributed by atoms with Crippen molar-refractivity contribution in [3.8, 4) is 0 Å². The topological polar surface area (TPSA) is 12.0 Å². The highest BCUT2D eigenvalue weighted by atomic mass is 32.1. The van der Waals surface area contributed by atoms with E-state index in [1.165, 1.54) is 4.88 Å². The molecule has 0 saturated carbocycles. The smallest absolute Gasteiger partial charge is 0.102 e. The molecular formula is C9H14FNS. The number of halogens is 1. The average molecular weight is 187 g/mol. The first-order chi connectivity index (χ1) is 5.83. The lowest BCUT2D eigenvalue weighted by molar-refractivity contribution is 0.439. The van der Waals surface area contributed by atoms with Gasteiger partial charge in [0.25, 0.3) is 0 Å². The molecule has 1 aromatic heterocycles. The first kappa shape index (κ1) is 9.68. The zero-order chi connectivity index (χ0) is 8.81. The quantitative estimate of drug-likeness (QED) is 0.745. The minimum absolute atomic E-state index is 0.283. The van der Waals surface area contributed by atoms with E-state index in [9.17, 15) is 4.39 Å². The second kappa shape index (κ2) is 5.27. The summed E-state index contributed by atoms with van der Waals surface area (Å²) in [7, 11) is 0. The standard InChI is InChI=1S/C9H14FNS/c1-8(11-5-4-10)7-9-3-2-6-12-9/h2-3,6,8,11H,4-5,7H2,1H3. The molecule has 1 rings (SSSR count). The number of hydrogen-bond donors (Lipinski definition) is 1. The molecule has 1 nitrogen and oxygen atoms in total. The van der Waals surface area contributed by atoms with E-state index in [1.807, 2.05) is 6.07 Å². The van der Waals surface area contributed by atoms with Gasteiger partial charge in [-0.25, -0.2) is 4.39 Å². The van der Waals surface area contributed by atoms with Crippen LogP contribution in [-0.4, -0.2) is 19.3 Å². The molecule has 0 aliphatic carbocycles. The molecule has 1 atom stereocenters. The van der Waals surface area contributed by atoms with Crippen molar-refractivity contribution >= 4 is 11.3 Å². The molecule has 0 aliphatic rings. The van der Waals surface area contributed by atoms with Crippen molar-refractivity contribution in [2.45, 2.75) is 19.4 Å². The van der Waals surface area contributed by atoms with Gasteiger partial charge in [-0.1, -0.05) is 6.07 Å². The lowest BCUT2D eigenvalue weighted by Gasteiger charge is -2.10. The third-order valence-corrected chi connectivity index (χ3v) is 2.57. The van der Waals surface area contributed by atoms with E-state index in [4.69, 9.17) is 0 Å². The summed E-state index contributed by atoms with van der Waals surface area (Å²) in [6, 6.07) is 4.53. The first-order valence-corrected chi connectivity index (χ1v) is 5.02. The minimum Gasteiger partial charge on any atom is -0.311 e. The summed E-state index contributed by atoms with van der Waals surface area (Å²) in [5, 5.41) is 5.17. The van der Waals surface area contributed by atoms with Gasteiger partial charge in [0.05, 0.1) is 0 Å². The number of hydrogen-bond acceptors (Lipinski definition) is 2. The normalized spacial score (nSPS) is 13.2. The van der Waals surface area contributed by atoms with E-state index in [0.29, 0.717) is 12.6 Å². The van der Waals surface area contributed by atoms with Crippen LogP contribution in [0, 0.1) is 0 Å². The van der Waals surface area contributed by atoms with Gasteiger partial charge in [0.2, 0.25) is 0 Å². The van der Waals surface area contributed by atoms with Gasteiger partial charge in [0.15, 0.2) is 0 Å². The lowest BCUT2D eigenvalue weighted by atomic mass is 10.2. The van der Waals surface area contributed by atoms with Crippen molar-refractivity contribution in [1.29, 1.82) is 0 Å². The van der Waals surface area contributed by atoms with Crippen LogP contribution in [0.5, 0.6) is 0 Å². The van der Waals surface area contributed by atoms with Crippen LogP contribution >= 0.6 is 11.3 Å². The summed E-state index contributed by atoms with van der Waals surface area (Å²) < 4.78 is 11.8. The van der Waals surface area contributed by atoms with Crippen LogP contribution in [-0.2, 0) is 6.42 Å². The van der Waals surface area contributed by atoms with Gasteiger partial charge in [0.1, 0.15) is 6.67 Å². The van der Waals surface area contributed by atoms with Crippen LogP contribution < -0.4 is 5.32 Å². The van der Waals surface area contributed by atoms with E-state index >= 15 is 0 Å². The summed E-state index contributed by atoms with van der Waals surface area (Å²) in [5.41, 5.74) is 0. The van der Waals surface area contributed by atoms with Crippen molar-refractivity contribution in [3.05, 3.63) is 22.4 Å². The predicted molar refractivity (Wildman–Crippen MR) is 51.5 cm³/mol. The molecule has 12 heavy (non-hydrogen) atoms. The molecule has 0 saturated heterocycles. The summed E-state index contributed by atoms with van der Waals surface area (Å²) in [6.45, 7) is 2.26. The highest BCUT2D eigenvalue weighted by Crippen LogP contribution is 2.10. The van der Waals surface area contributed by atoms with Crippen LogP contribution in [0.3, 0.4) is 0 Å². The Hall–Kier alpha value is -0.410. The van der Waals surface area contributed by atoms with Crippen LogP contribution in [0.2, 0.25) is 0 Å². The number of nitrogens with one attached hydrogen (secondary N) is 1. The van der Waals surface area contributed by atoms with Crippen LogP contribution in [0.4, 0.5) is 4.39 Å². The maximum Gasteiger partial charge on any atom is 0.102 e. The van der Waals surface area contributed by atoms with E-state index in [1.54, 1.807) is 11.3 Å². The molecule has 0 amide bonds. The molecule has 0 spiro atoms. The highest BCUT2D eigenvalue weighted by molar-refractivity contribution is 7.09. The fourth-order valence-corrected chi connectivity index (χ4v) is 1.94. The number of thiophene rings is 1. The zero-order valence-corrected chi connectivity index (χ0v) is 8.03.